The summed E-state index contributed by atoms with van der Waals surface area (Å²) in [4.78, 5) is 23.3. The van der Waals surface area contributed by atoms with Crippen molar-refractivity contribution >= 4 is 27.9 Å². The highest BCUT2D eigenvalue weighted by Gasteiger charge is 2.43. The van der Waals surface area contributed by atoms with Gasteiger partial charge in [-0.2, -0.15) is 0 Å². The number of aliphatic carboxylic acids is 2. The van der Waals surface area contributed by atoms with Gasteiger partial charge in [-0.25, -0.2) is 4.79 Å². The second-order valence-electron chi connectivity index (χ2n) is 5.17. The number of carbonyl (C=O) groups is 2. The third-order valence-electron chi connectivity index (χ3n) is 3.94. The van der Waals surface area contributed by atoms with Gasteiger partial charge in [-0.1, -0.05) is 40.2 Å². The molecule has 1 atom stereocenters. The minimum absolute atomic E-state index is 0.0582. The predicted molar refractivity (Wildman–Crippen MR) is 82.3 cm³/mol. The molecule has 2 N–H and O–H groups in total. The van der Waals surface area contributed by atoms with Gasteiger partial charge in [-0.15, -0.1) is 0 Å². The molecule has 1 aliphatic rings. The normalized spacial score (nSPS) is 21.5. The Balaban J connectivity index is 2.66. The Morgan fingerprint density at radius 1 is 1.24 bits per heavy atom. The molecule has 0 bridgehead atoms. The smallest absolute Gasteiger partial charge is 0.331 e. The van der Waals surface area contributed by atoms with Gasteiger partial charge in [0.25, 0.3) is 0 Å². The van der Waals surface area contributed by atoms with Crippen LogP contribution in [-0.2, 0) is 15.0 Å². The van der Waals surface area contributed by atoms with Crippen molar-refractivity contribution in [1.29, 1.82) is 0 Å². The Labute approximate surface area is 130 Å². The number of hydrogen-bond donors (Lipinski definition) is 2. The average molecular weight is 351 g/mol. The monoisotopic (exact) mass is 350 g/mol. The van der Waals surface area contributed by atoms with E-state index in [1.807, 2.05) is 13.0 Å². The Hall–Kier alpha value is -1.88. The van der Waals surface area contributed by atoms with Gasteiger partial charge in [0.1, 0.15) is 5.41 Å². The van der Waals surface area contributed by atoms with Crippen LogP contribution in [-0.4, -0.2) is 22.2 Å². The van der Waals surface area contributed by atoms with Crippen molar-refractivity contribution in [2.45, 2.75) is 25.7 Å². The van der Waals surface area contributed by atoms with Crippen LogP contribution < -0.4 is 0 Å². The molecule has 1 aromatic rings. The molecule has 0 aromatic heterocycles. The van der Waals surface area contributed by atoms with E-state index in [1.165, 1.54) is 0 Å². The molecule has 0 aliphatic heterocycles. The van der Waals surface area contributed by atoms with Crippen LogP contribution in [0.1, 0.15) is 24.5 Å². The predicted octanol–water partition coefficient (Wildman–Crippen LogP) is 3.44. The van der Waals surface area contributed by atoms with Gasteiger partial charge in [-0.3, -0.25) is 4.79 Å². The first-order valence-corrected chi connectivity index (χ1v) is 7.20. The Morgan fingerprint density at radius 2 is 1.90 bits per heavy atom. The van der Waals surface area contributed by atoms with E-state index < -0.39 is 17.4 Å². The fourth-order valence-electron chi connectivity index (χ4n) is 2.63. The van der Waals surface area contributed by atoms with Crippen molar-refractivity contribution in [3.05, 3.63) is 57.1 Å². The standard InChI is InChI=1S/C16H15BrO4/c1-9-6-7-16(15(20)21,8-11(9)14(18)19)12-4-3-5-13(17)10(12)2/h3-7H,8H2,1-2H3,(H,18,19)(H,20,21). The second kappa shape index (κ2) is 5.48. The summed E-state index contributed by atoms with van der Waals surface area (Å²) in [6.45, 7) is 3.50. The molecular formula is C16H15BrO4. The summed E-state index contributed by atoms with van der Waals surface area (Å²) >= 11 is 3.40. The van der Waals surface area contributed by atoms with E-state index in [-0.39, 0.29) is 12.0 Å². The largest absolute Gasteiger partial charge is 0.480 e. The molecule has 21 heavy (non-hydrogen) atoms. The van der Waals surface area contributed by atoms with E-state index >= 15 is 0 Å². The number of hydrogen-bond acceptors (Lipinski definition) is 2. The fourth-order valence-corrected chi connectivity index (χ4v) is 2.99. The first-order chi connectivity index (χ1) is 9.79. The lowest BCUT2D eigenvalue weighted by atomic mass is 9.70. The molecular weight excluding hydrogens is 336 g/mol. The maximum atomic E-state index is 11.9. The number of carboxylic acid groups (broad SMARTS) is 2. The molecule has 0 heterocycles. The SMILES string of the molecule is CC1=C(C(=O)O)CC(C(=O)O)(c2cccc(Br)c2C)C=C1. The van der Waals surface area contributed by atoms with Crippen molar-refractivity contribution in [3.8, 4) is 0 Å². The van der Waals surface area contributed by atoms with E-state index in [4.69, 9.17) is 0 Å². The second-order valence-corrected chi connectivity index (χ2v) is 6.02. The van der Waals surface area contributed by atoms with Gasteiger partial charge in [0, 0.05) is 16.5 Å². The van der Waals surface area contributed by atoms with Crippen LogP contribution in [0.25, 0.3) is 0 Å². The highest BCUT2D eigenvalue weighted by atomic mass is 79.9. The molecule has 1 unspecified atom stereocenters. The molecule has 1 aliphatic carbocycles. The molecule has 5 heteroatoms. The minimum atomic E-state index is -1.35. The molecule has 0 saturated heterocycles. The first kappa shape index (κ1) is 15.5. The summed E-state index contributed by atoms with van der Waals surface area (Å²) in [7, 11) is 0. The number of allylic oxidation sites excluding steroid dienone is 2. The number of halogens is 1. The zero-order valence-electron chi connectivity index (χ0n) is 11.7. The first-order valence-electron chi connectivity index (χ1n) is 6.41. The van der Waals surface area contributed by atoms with Gasteiger partial charge in [0.15, 0.2) is 0 Å². The molecule has 1 aromatic carbocycles. The van der Waals surface area contributed by atoms with Gasteiger partial charge in [0.2, 0.25) is 0 Å². The minimum Gasteiger partial charge on any atom is -0.480 e. The summed E-state index contributed by atoms with van der Waals surface area (Å²) in [5.74, 6) is -2.12. The maximum Gasteiger partial charge on any atom is 0.331 e. The summed E-state index contributed by atoms with van der Waals surface area (Å²) in [5, 5.41) is 19.1. The molecule has 0 fully saturated rings. The Bertz CT molecular complexity index is 688. The van der Waals surface area contributed by atoms with Crippen LogP contribution in [0.3, 0.4) is 0 Å². The third-order valence-corrected chi connectivity index (χ3v) is 4.80. The van der Waals surface area contributed by atoms with E-state index in [1.54, 1.807) is 31.2 Å². The molecule has 0 saturated carbocycles. The summed E-state index contributed by atoms with van der Waals surface area (Å²) in [5.41, 5.74) is 0.785. The molecule has 0 radical (unpaired) electrons. The van der Waals surface area contributed by atoms with Crippen LogP contribution in [0.2, 0.25) is 0 Å². The molecule has 4 nitrogen and oxygen atoms in total. The van der Waals surface area contributed by atoms with Crippen molar-refractivity contribution in [3.63, 3.8) is 0 Å². The lowest BCUT2D eigenvalue weighted by molar-refractivity contribution is -0.142. The van der Waals surface area contributed by atoms with Gasteiger partial charge >= 0.3 is 11.9 Å². The highest BCUT2D eigenvalue weighted by Crippen LogP contribution is 2.41. The van der Waals surface area contributed by atoms with E-state index in [0.717, 1.165) is 10.0 Å². The number of benzene rings is 1. The Morgan fingerprint density at radius 3 is 2.48 bits per heavy atom. The van der Waals surface area contributed by atoms with Crippen molar-refractivity contribution < 1.29 is 19.8 Å². The van der Waals surface area contributed by atoms with Gasteiger partial charge < -0.3 is 10.2 Å². The molecule has 2 rings (SSSR count). The van der Waals surface area contributed by atoms with Crippen LogP contribution in [0.4, 0.5) is 0 Å². The quantitative estimate of drug-likeness (QED) is 0.875. The summed E-state index contributed by atoms with van der Waals surface area (Å²) in [6.07, 6.45) is 3.12. The lowest BCUT2D eigenvalue weighted by Crippen LogP contribution is -2.37. The van der Waals surface area contributed by atoms with E-state index in [0.29, 0.717) is 11.1 Å². The summed E-state index contributed by atoms with van der Waals surface area (Å²) < 4.78 is 0.803. The molecule has 0 amide bonds. The zero-order chi connectivity index (χ0) is 15.8. The lowest BCUT2D eigenvalue weighted by Gasteiger charge is -2.32. The van der Waals surface area contributed by atoms with E-state index in [2.05, 4.69) is 15.9 Å². The van der Waals surface area contributed by atoms with E-state index in [9.17, 15) is 19.8 Å². The Kier molecular flexibility index (Phi) is 4.05. The average Bonchev–Trinajstić information content (AvgIpc) is 2.42. The van der Waals surface area contributed by atoms with Crippen LogP contribution in [0.5, 0.6) is 0 Å². The molecule has 0 spiro atoms. The van der Waals surface area contributed by atoms with Gasteiger partial charge in [-0.05, 0) is 36.6 Å². The van der Waals surface area contributed by atoms with Gasteiger partial charge in [0.05, 0.1) is 0 Å². The van der Waals surface area contributed by atoms with Crippen molar-refractivity contribution in [1.82, 2.24) is 0 Å². The highest BCUT2D eigenvalue weighted by molar-refractivity contribution is 9.10. The number of rotatable bonds is 3. The topological polar surface area (TPSA) is 74.6 Å². The fraction of sp³-hybridized carbons (Fsp3) is 0.250. The number of carboxylic acids is 2. The summed E-state index contributed by atoms with van der Waals surface area (Å²) in [6, 6.07) is 5.33. The maximum absolute atomic E-state index is 11.9. The molecule has 110 valence electrons. The van der Waals surface area contributed by atoms with Crippen molar-refractivity contribution in [2.24, 2.45) is 0 Å². The third kappa shape index (κ3) is 2.53. The van der Waals surface area contributed by atoms with Crippen LogP contribution in [0.15, 0.2) is 46.0 Å². The van der Waals surface area contributed by atoms with Crippen molar-refractivity contribution in [2.75, 3.05) is 0 Å². The zero-order valence-corrected chi connectivity index (χ0v) is 13.3. The van der Waals surface area contributed by atoms with Crippen LogP contribution >= 0.6 is 15.9 Å². The van der Waals surface area contributed by atoms with Crippen LogP contribution in [0, 0.1) is 6.92 Å².